The van der Waals surface area contributed by atoms with Crippen molar-refractivity contribution in [3.63, 3.8) is 0 Å². The molecule has 0 aliphatic carbocycles. The number of imide groups is 1. The number of thioether (sulfide) groups is 1. The van der Waals surface area contributed by atoms with Crippen molar-refractivity contribution in [3.8, 4) is 0 Å². The zero-order chi connectivity index (χ0) is 14.4. The number of methoxy groups -OCH3 is 1. The molecule has 0 saturated carbocycles. The number of carbonyl (C=O) groups is 3. The number of halogens is 1. The molecule has 0 saturated heterocycles. The number of aromatic carboxylic acids is 1. The first kappa shape index (κ1) is 15.0. The van der Waals surface area contributed by atoms with Crippen molar-refractivity contribution in [2.24, 2.45) is 0 Å². The van der Waals surface area contributed by atoms with Crippen LogP contribution in [-0.2, 0) is 9.53 Å². The summed E-state index contributed by atoms with van der Waals surface area (Å²) in [5, 5.41) is 10.7. The fraction of sp³-hybridized carbons (Fsp3) is 0.182. The van der Waals surface area contributed by atoms with E-state index in [1.54, 1.807) is 0 Å². The second-order valence-corrected chi connectivity index (χ2v) is 4.30. The van der Waals surface area contributed by atoms with E-state index >= 15 is 0 Å². The van der Waals surface area contributed by atoms with Crippen LogP contribution in [0.4, 0.5) is 9.18 Å². The highest BCUT2D eigenvalue weighted by Crippen LogP contribution is 2.22. The van der Waals surface area contributed by atoms with Gasteiger partial charge in [-0.15, -0.1) is 11.8 Å². The van der Waals surface area contributed by atoms with Crippen molar-refractivity contribution in [1.82, 2.24) is 5.32 Å². The van der Waals surface area contributed by atoms with Gasteiger partial charge in [0.1, 0.15) is 5.82 Å². The lowest BCUT2D eigenvalue weighted by Crippen LogP contribution is -2.31. The van der Waals surface area contributed by atoms with Crippen molar-refractivity contribution in [3.05, 3.63) is 29.6 Å². The molecule has 0 bridgehead atoms. The highest BCUT2D eigenvalue weighted by Gasteiger charge is 2.12. The molecular formula is C11H10FNO5S. The van der Waals surface area contributed by atoms with Gasteiger partial charge in [0.05, 0.1) is 18.4 Å². The summed E-state index contributed by atoms with van der Waals surface area (Å²) in [5.74, 6) is -2.74. The van der Waals surface area contributed by atoms with Crippen molar-refractivity contribution >= 4 is 29.7 Å². The Morgan fingerprint density at radius 3 is 2.68 bits per heavy atom. The van der Waals surface area contributed by atoms with Crippen LogP contribution in [0.25, 0.3) is 0 Å². The molecule has 0 heterocycles. The van der Waals surface area contributed by atoms with Crippen LogP contribution in [0, 0.1) is 5.82 Å². The van der Waals surface area contributed by atoms with Gasteiger partial charge in [-0.1, -0.05) is 0 Å². The van der Waals surface area contributed by atoms with Crippen molar-refractivity contribution in [2.45, 2.75) is 4.90 Å². The van der Waals surface area contributed by atoms with E-state index < -0.39 is 23.8 Å². The number of hydrogen-bond donors (Lipinski definition) is 2. The average molecular weight is 287 g/mol. The lowest BCUT2D eigenvalue weighted by atomic mass is 10.2. The molecule has 102 valence electrons. The van der Waals surface area contributed by atoms with Gasteiger partial charge in [0.25, 0.3) is 0 Å². The number of hydrogen-bond acceptors (Lipinski definition) is 5. The molecule has 2 amide bonds. The van der Waals surface area contributed by atoms with Crippen LogP contribution >= 0.6 is 11.8 Å². The molecule has 0 aliphatic heterocycles. The first-order valence-corrected chi connectivity index (χ1v) is 5.96. The van der Waals surface area contributed by atoms with E-state index in [-0.39, 0.29) is 16.2 Å². The average Bonchev–Trinajstić information content (AvgIpc) is 2.37. The quantitative estimate of drug-likeness (QED) is 0.815. The SMILES string of the molecule is COC(=O)NC(=O)CSc1cc(C(=O)O)ccc1F. The Labute approximate surface area is 111 Å². The van der Waals surface area contributed by atoms with Crippen LogP contribution in [0.3, 0.4) is 0 Å². The maximum Gasteiger partial charge on any atom is 0.413 e. The fourth-order valence-corrected chi connectivity index (χ4v) is 1.87. The summed E-state index contributed by atoms with van der Waals surface area (Å²) in [6, 6.07) is 3.24. The molecule has 0 spiro atoms. The molecule has 19 heavy (non-hydrogen) atoms. The standard InChI is InChI=1S/C11H10FNO5S/c1-18-11(17)13-9(14)5-19-8-4-6(10(15)16)2-3-7(8)12/h2-4H,5H2,1H3,(H,15,16)(H,13,14,17). The maximum atomic E-state index is 13.4. The van der Waals surface area contributed by atoms with Gasteiger partial charge in [0, 0.05) is 4.90 Å². The van der Waals surface area contributed by atoms with Crippen molar-refractivity contribution < 1.29 is 28.6 Å². The number of carboxylic acids is 1. The normalized spacial score (nSPS) is 9.79. The van der Waals surface area contributed by atoms with E-state index in [2.05, 4.69) is 4.74 Å². The summed E-state index contributed by atoms with van der Waals surface area (Å²) in [6.07, 6.45) is -0.912. The Bertz CT molecular complexity index is 520. The van der Waals surface area contributed by atoms with Gasteiger partial charge in [-0.25, -0.2) is 14.0 Å². The van der Waals surface area contributed by atoms with E-state index in [1.807, 2.05) is 5.32 Å². The first-order valence-electron chi connectivity index (χ1n) is 4.97. The van der Waals surface area contributed by atoms with Crippen LogP contribution < -0.4 is 5.32 Å². The third kappa shape index (κ3) is 4.59. The Kier molecular flexibility index (Phi) is 5.31. The predicted molar refractivity (Wildman–Crippen MR) is 64.6 cm³/mol. The minimum absolute atomic E-state index is 0.0138. The zero-order valence-corrected chi connectivity index (χ0v) is 10.6. The molecule has 0 atom stereocenters. The molecule has 6 nitrogen and oxygen atoms in total. The van der Waals surface area contributed by atoms with E-state index in [1.165, 1.54) is 0 Å². The number of carbonyl (C=O) groups excluding carboxylic acids is 2. The van der Waals surface area contributed by atoms with Crippen LogP contribution in [0.5, 0.6) is 0 Å². The molecule has 0 unspecified atom stereocenters. The Morgan fingerprint density at radius 2 is 2.11 bits per heavy atom. The van der Waals surface area contributed by atoms with Crippen LogP contribution in [0.2, 0.25) is 0 Å². The van der Waals surface area contributed by atoms with Gasteiger partial charge >= 0.3 is 12.1 Å². The smallest absolute Gasteiger partial charge is 0.413 e. The van der Waals surface area contributed by atoms with Crippen molar-refractivity contribution in [1.29, 1.82) is 0 Å². The van der Waals surface area contributed by atoms with E-state index in [4.69, 9.17) is 5.11 Å². The molecular weight excluding hydrogens is 277 g/mol. The Hall–Kier alpha value is -2.09. The lowest BCUT2D eigenvalue weighted by Gasteiger charge is -2.05. The number of rotatable bonds is 4. The van der Waals surface area contributed by atoms with Gasteiger partial charge < -0.3 is 9.84 Å². The summed E-state index contributed by atoms with van der Waals surface area (Å²) >= 11 is 0.781. The van der Waals surface area contributed by atoms with E-state index in [0.717, 1.165) is 37.1 Å². The number of benzene rings is 1. The van der Waals surface area contributed by atoms with Gasteiger partial charge in [-0.3, -0.25) is 10.1 Å². The second kappa shape index (κ2) is 6.74. The van der Waals surface area contributed by atoms with Gasteiger partial charge in [0.2, 0.25) is 5.91 Å². The molecule has 1 aromatic rings. The molecule has 8 heteroatoms. The zero-order valence-electron chi connectivity index (χ0n) is 9.81. The highest BCUT2D eigenvalue weighted by molar-refractivity contribution is 8.00. The third-order valence-corrected chi connectivity index (χ3v) is 2.99. The summed E-state index contributed by atoms with van der Waals surface area (Å²) in [6.45, 7) is 0. The van der Waals surface area contributed by atoms with Crippen molar-refractivity contribution in [2.75, 3.05) is 12.9 Å². The van der Waals surface area contributed by atoms with Gasteiger partial charge in [0.15, 0.2) is 0 Å². The number of ether oxygens (including phenoxy) is 1. The number of alkyl carbamates (subject to hydrolysis) is 1. The summed E-state index contributed by atoms with van der Waals surface area (Å²) in [5.41, 5.74) is -0.0859. The second-order valence-electron chi connectivity index (χ2n) is 3.28. The lowest BCUT2D eigenvalue weighted by molar-refractivity contribution is -0.117. The number of nitrogens with one attached hydrogen (secondary N) is 1. The molecule has 1 rings (SSSR count). The van der Waals surface area contributed by atoms with Gasteiger partial charge in [-0.05, 0) is 18.2 Å². The number of amides is 2. The third-order valence-electron chi connectivity index (χ3n) is 1.96. The monoisotopic (exact) mass is 287 g/mol. The van der Waals surface area contributed by atoms with E-state index in [0.29, 0.717) is 0 Å². The topological polar surface area (TPSA) is 92.7 Å². The summed E-state index contributed by atoms with van der Waals surface area (Å²) in [7, 11) is 1.10. The minimum atomic E-state index is -1.19. The Balaban J connectivity index is 2.67. The maximum absolute atomic E-state index is 13.4. The van der Waals surface area contributed by atoms with Gasteiger partial charge in [-0.2, -0.15) is 0 Å². The number of carboxylic acid groups (broad SMARTS) is 1. The predicted octanol–water partition coefficient (Wildman–Crippen LogP) is 1.50. The van der Waals surface area contributed by atoms with Crippen LogP contribution in [-0.4, -0.2) is 35.9 Å². The molecule has 0 fully saturated rings. The van der Waals surface area contributed by atoms with Crippen LogP contribution in [0.15, 0.2) is 23.1 Å². The molecule has 0 radical (unpaired) electrons. The Morgan fingerprint density at radius 1 is 1.42 bits per heavy atom. The summed E-state index contributed by atoms with van der Waals surface area (Å²) < 4.78 is 17.6. The van der Waals surface area contributed by atoms with Crippen LogP contribution in [0.1, 0.15) is 10.4 Å². The first-order chi connectivity index (χ1) is 8.93. The minimum Gasteiger partial charge on any atom is -0.478 e. The highest BCUT2D eigenvalue weighted by atomic mass is 32.2. The molecule has 0 aromatic heterocycles. The summed E-state index contributed by atoms with van der Waals surface area (Å²) in [4.78, 5) is 32.7. The molecule has 1 aromatic carbocycles. The molecule has 0 aliphatic rings. The van der Waals surface area contributed by atoms with E-state index in [9.17, 15) is 18.8 Å². The largest absolute Gasteiger partial charge is 0.478 e. The fourth-order valence-electron chi connectivity index (χ4n) is 1.09. The molecule has 2 N–H and O–H groups in total.